The van der Waals surface area contributed by atoms with E-state index in [2.05, 4.69) is 10.3 Å². The maximum absolute atomic E-state index is 12.2. The molecule has 0 saturated heterocycles. The van der Waals surface area contributed by atoms with Crippen molar-refractivity contribution in [3.05, 3.63) is 70.7 Å². The number of rotatable bonds is 6. The summed E-state index contributed by atoms with van der Waals surface area (Å²) in [6.45, 7) is -0.132. The van der Waals surface area contributed by atoms with Crippen molar-refractivity contribution in [3.63, 3.8) is 0 Å². The van der Waals surface area contributed by atoms with Crippen molar-refractivity contribution in [2.45, 2.75) is 0 Å². The normalized spacial score (nSPS) is 10.8. The molecule has 0 unspecified atom stereocenters. The molecule has 0 aliphatic carbocycles. The monoisotopic (exact) mass is 442 g/mol. The first-order chi connectivity index (χ1) is 14.5. The number of methoxy groups -OCH3 is 1. The number of benzene rings is 3. The van der Waals surface area contributed by atoms with Gasteiger partial charge in [-0.25, -0.2) is 4.98 Å². The summed E-state index contributed by atoms with van der Waals surface area (Å²) in [5.41, 5.74) is 2.31. The maximum atomic E-state index is 12.2. The number of fused-ring (bicyclic) bond motifs is 1. The van der Waals surface area contributed by atoms with Gasteiger partial charge < -0.3 is 19.2 Å². The van der Waals surface area contributed by atoms with E-state index in [9.17, 15) is 4.79 Å². The van der Waals surface area contributed by atoms with Gasteiger partial charge in [-0.2, -0.15) is 0 Å². The lowest BCUT2D eigenvalue weighted by atomic mass is 10.2. The molecule has 152 valence electrons. The minimum atomic E-state index is -0.299. The van der Waals surface area contributed by atoms with Gasteiger partial charge in [0.05, 0.1) is 22.7 Å². The molecular weight excluding hydrogens is 427 g/mol. The second kappa shape index (κ2) is 8.65. The predicted octanol–water partition coefficient (Wildman–Crippen LogP) is 5.83. The number of ether oxygens (including phenoxy) is 2. The third kappa shape index (κ3) is 4.35. The molecule has 0 bridgehead atoms. The molecule has 1 aromatic heterocycles. The fourth-order valence-corrected chi connectivity index (χ4v) is 3.19. The molecule has 4 rings (SSSR count). The minimum absolute atomic E-state index is 0.132. The van der Waals surface area contributed by atoms with E-state index in [-0.39, 0.29) is 12.5 Å². The molecule has 0 atom stereocenters. The Kier molecular flexibility index (Phi) is 5.79. The van der Waals surface area contributed by atoms with Crippen LogP contribution in [0.4, 0.5) is 5.69 Å². The summed E-state index contributed by atoms with van der Waals surface area (Å²) in [5, 5.41) is 3.57. The molecule has 0 aliphatic rings. The second-order valence-corrected chi connectivity index (χ2v) is 7.10. The van der Waals surface area contributed by atoms with Gasteiger partial charge in [0.15, 0.2) is 12.2 Å². The first-order valence-electron chi connectivity index (χ1n) is 8.95. The summed E-state index contributed by atoms with van der Waals surface area (Å²) < 4.78 is 16.3. The van der Waals surface area contributed by atoms with E-state index in [1.165, 1.54) is 0 Å². The molecule has 0 fully saturated rings. The van der Waals surface area contributed by atoms with Crippen LogP contribution in [0.1, 0.15) is 0 Å². The summed E-state index contributed by atoms with van der Waals surface area (Å²) in [7, 11) is 1.58. The first kappa shape index (κ1) is 20.1. The maximum Gasteiger partial charge on any atom is 0.262 e. The molecule has 4 aromatic rings. The Labute approximate surface area is 182 Å². The number of aromatic nitrogens is 1. The van der Waals surface area contributed by atoms with E-state index in [0.29, 0.717) is 49.8 Å². The van der Waals surface area contributed by atoms with Crippen molar-refractivity contribution in [1.29, 1.82) is 0 Å². The molecule has 0 aliphatic heterocycles. The molecule has 8 heteroatoms. The first-order valence-corrected chi connectivity index (χ1v) is 9.71. The molecule has 0 spiro atoms. The smallest absolute Gasteiger partial charge is 0.262 e. The third-order valence-electron chi connectivity index (χ3n) is 4.28. The van der Waals surface area contributed by atoms with Crippen LogP contribution in [-0.4, -0.2) is 24.6 Å². The Morgan fingerprint density at radius 3 is 2.60 bits per heavy atom. The van der Waals surface area contributed by atoms with Gasteiger partial charge in [0.25, 0.3) is 5.91 Å². The average Bonchev–Trinajstić information content (AvgIpc) is 3.17. The Morgan fingerprint density at radius 2 is 1.83 bits per heavy atom. The standard InChI is InChI=1S/C22H16Cl2N2O4/c1-28-14-6-8-15(9-7-14)29-12-20(27)25-13-5-10-19-18(11-13)26-22(30-19)16-3-2-4-17(23)21(16)24/h2-11H,12H2,1H3,(H,25,27). The van der Waals surface area contributed by atoms with Crippen LogP contribution >= 0.6 is 23.2 Å². The SMILES string of the molecule is COc1ccc(OCC(=O)Nc2ccc3oc(-c4cccc(Cl)c4Cl)nc3c2)cc1. The molecule has 0 radical (unpaired) electrons. The summed E-state index contributed by atoms with van der Waals surface area (Å²) in [5.74, 6) is 1.34. The highest BCUT2D eigenvalue weighted by atomic mass is 35.5. The number of nitrogens with one attached hydrogen (secondary N) is 1. The van der Waals surface area contributed by atoms with Crippen molar-refractivity contribution in [2.75, 3.05) is 19.0 Å². The predicted molar refractivity (Wildman–Crippen MR) is 117 cm³/mol. The number of hydrogen-bond acceptors (Lipinski definition) is 5. The van der Waals surface area contributed by atoms with Gasteiger partial charge in [-0.1, -0.05) is 29.3 Å². The number of carbonyl (C=O) groups is 1. The number of anilines is 1. The zero-order chi connectivity index (χ0) is 21.1. The quantitative estimate of drug-likeness (QED) is 0.406. The lowest BCUT2D eigenvalue weighted by molar-refractivity contribution is -0.118. The average molecular weight is 443 g/mol. The molecule has 0 saturated carbocycles. The fraction of sp³-hybridized carbons (Fsp3) is 0.0909. The summed E-state index contributed by atoms with van der Waals surface area (Å²) >= 11 is 12.3. The summed E-state index contributed by atoms with van der Waals surface area (Å²) in [6.07, 6.45) is 0. The molecule has 3 aromatic carbocycles. The van der Waals surface area contributed by atoms with Gasteiger partial charge in [0, 0.05) is 5.69 Å². The summed E-state index contributed by atoms with van der Waals surface area (Å²) in [4.78, 5) is 16.7. The second-order valence-electron chi connectivity index (χ2n) is 6.32. The molecule has 6 nitrogen and oxygen atoms in total. The number of hydrogen-bond donors (Lipinski definition) is 1. The minimum Gasteiger partial charge on any atom is -0.497 e. The van der Waals surface area contributed by atoms with E-state index >= 15 is 0 Å². The van der Waals surface area contributed by atoms with E-state index in [1.807, 2.05) is 0 Å². The number of nitrogens with zero attached hydrogens (tertiary/aromatic N) is 1. The van der Waals surface area contributed by atoms with Crippen molar-refractivity contribution in [2.24, 2.45) is 0 Å². The molecule has 1 N–H and O–H groups in total. The van der Waals surface area contributed by atoms with Crippen LogP contribution in [-0.2, 0) is 4.79 Å². The van der Waals surface area contributed by atoms with Gasteiger partial charge in [-0.3, -0.25) is 4.79 Å². The van der Waals surface area contributed by atoms with E-state index < -0.39 is 0 Å². The van der Waals surface area contributed by atoms with Crippen LogP contribution in [0, 0.1) is 0 Å². The largest absolute Gasteiger partial charge is 0.497 e. The van der Waals surface area contributed by atoms with Gasteiger partial charge in [-0.15, -0.1) is 0 Å². The van der Waals surface area contributed by atoms with Crippen LogP contribution in [0.3, 0.4) is 0 Å². The van der Waals surface area contributed by atoms with Crippen LogP contribution in [0.15, 0.2) is 65.1 Å². The van der Waals surface area contributed by atoms with Crippen LogP contribution in [0.25, 0.3) is 22.6 Å². The number of halogens is 2. The lowest BCUT2D eigenvalue weighted by Crippen LogP contribution is -2.20. The highest BCUT2D eigenvalue weighted by molar-refractivity contribution is 6.43. The molecular formula is C22H16Cl2N2O4. The van der Waals surface area contributed by atoms with E-state index in [4.69, 9.17) is 37.1 Å². The van der Waals surface area contributed by atoms with Crippen LogP contribution < -0.4 is 14.8 Å². The Hall–Kier alpha value is -3.22. The molecule has 1 amide bonds. The fourth-order valence-electron chi connectivity index (χ4n) is 2.81. The Balaban J connectivity index is 1.45. The highest BCUT2D eigenvalue weighted by Gasteiger charge is 2.14. The third-order valence-corrected chi connectivity index (χ3v) is 5.10. The van der Waals surface area contributed by atoms with Crippen LogP contribution in [0.2, 0.25) is 10.0 Å². The van der Waals surface area contributed by atoms with Gasteiger partial charge in [0.2, 0.25) is 5.89 Å². The van der Waals surface area contributed by atoms with Crippen molar-refractivity contribution in [1.82, 2.24) is 4.98 Å². The van der Waals surface area contributed by atoms with E-state index in [1.54, 1.807) is 67.8 Å². The van der Waals surface area contributed by atoms with Gasteiger partial charge in [0.1, 0.15) is 17.0 Å². The number of amides is 1. The van der Waals surface area contributed by atoms with Crippen LogP contribution in [0.5, 0.6) is 11.5 Å². The number of oxazole rings is 1. The Morgan fingerprint density at radius 1 is 1.07 bits per heavy atom. The van der Waals surface area contributed by atoms with Gasteiger partial charge in [-0.05, 0) is 54.6 Å². The highest BCUT2D eigenvalue weighted by Crippen LogP contribution is 2.34. The summed E-state index contributed by atoms with van der Waals surface area (Å²) in [6, 6.07) is 17.4. The zero-order valence-electron chi connectivity index (χ0n) is 15.8. The lowest BCUT2D eigenvalue weighted by Gasteiger charge is -2.08. The van der Waals surface area contributed by atoms with Gasteiger partial charge >= 0.3 is 0 Å². The molecule has 1 heterocycles. The van der Waals surface area contributed by atoms with E-state index in [0.717, 1.165) is 0 Å². The zero-order valence-corrected chi connectivity index (χ0v) is 17.3. The topological polar surface area (TPSA) is 73.6 Å². The van der Waals surface area contributed by atoms with Crippen molar-refractivity contribution >= 4 is 45.9 Å². The Bertz CT molecular complexity index is 1210. The molecule has 30 heavy (non-hydrogen) atoms. The van der Waals surface area contributed by atoms with Crippen molar-refractivity contribution < 1.29 is 18.7 Å². The van der Waals surface area contributed by atoms with Crippen molar-refractivity contribution in [3.8, 4) is 23.0 Å². The number of carbonyl (C=O) groups excluding carboxylic acids is 1.